The number of carbonyl (C=O) groups is 2. The van der Waals surface area contributed by atoms with Crippen molar-refractivity contribution in [1.29, 1.82) is 0 Å². The number of carbonyl (C=O) groups excluding carboxylic acids is 2. The summed E-state index contributed by atoms with van der Waals surface area (Å²) in [5.41, 5.74) is 1.59. The monoisotopic (exact) mass is 522 g/mol. The summed E-state index contributed by atoms with van der Waals surface area (Å²) in [7, 11) is 2.18. The highest BCUT2D eigenvalue weighted by atomic mass is 32.1. The van der Waals surface area contributed by atoms with Gasteiger partial charge in [-0.25, -0.2) is 14.8 Å². The van der Waals surface area contributed by atoms with E-state index in [1.54, 1.807) is 29.4 Å². The summed E-state index contributed by atoms with van der Waals surface area (Å²) in [6.07, 6.45) is 3.67. The fraction of sp³-hybridized carbons (Fsp3) is 0.481. The molecule has 1 unspecified atom stereocenters. The zero-order valence-corrected chi connectivity index (χ0v) is 22.3. The summed E-state index contributed by atoms with van der Waals surface area (Å²) < 4.78 is 6.24. The van der Waals surface area contributed by atoms with Crippen molar-refractivity contribution in [3.8, 4) is 10.6 Å². The molecule has 37 heavy (non-hydrogen) atoms. The Hall–Kier alpha value is -3.08. The second-order valence-electron chi connectivity index (χ2n) is 9.59. The minimum Gasteiger partial charge on any atom is -0.464 e. The van der Waals surface area contributed by atoms with Gasteiger partial charge in [0.1, 0.15) is 6.04 Å². The minimum atomic E-state index is -0.559. The summed E-state index contributed by atoms with van der Waals surface area (Å²) >= 11 is 1.62. The molecule has 1 atom stereocenters. The first kappa shape index (κ1) is 25.6. The van der Waals surface area contributed by atoms with Crippen LogP contribution in [0.1, 0.15) is 26.2 Å². The summed E-state index contributed by atoms with van der Waals surface area (Å²) in [6, 6.07) is 9.35. The Labute approximate surface area is 221 Å². The van der Waals surface area contributed by atoms with Gasteiger partial charge in [0.15, 0.2) is 0 Å². The van der Waals surface area contributed by atoms with Crippen molar-refractivity contribution in [2.24, 2.45) is 0 Å². The molecule has 5 rings (SSSR count). The van der Waals surface area contributed by atoms with Crippen LogP contribution in [0.2, 0.25) is 0 Å². The van der Waals surface area contributed by atoms with E-state index in [0.29, 0.717) is 25.4 Å². The molecule has 0 saturated carbocycles. The fourth-order valence-electron chi connectivity index (χ4n) is 4.92. The molecule has 2 fully saturated rings. The van der Waals surface area contributed by atoms with Crippen molar-refractivity contribution in [2.75, 3.05) is 63.1 Å². The number of rotatable bonds is 9. The molecule has 0 bridgehead atoms. The number of aromatic nitrogens is 2. The van der Waals surface area contributed by atoms with Crippen LogP contribution in [-0.4, -0.2) is 90.6 Å². The predicted octanol–water partition coefficient (Wildman–Crippen LogP) is 3.47. The number of esters is 1. The van der Waals surface area contributed by atoms with Gasteiger partial charge >= 0.3 is 5.97 Å². The molecule has 2 aromatic heterocycles. The van der Waals surface area contributed by atoms with Crippen LogP contribution >= 0.6 is 11.3 Å². The molecule has 2 aliphatic heterocycles. The molecule has 4 heterocycles. The first-order chi connectivity index (χ1) is 18.0. The van der Waals surface area contributed by atoms with E-state index in [4.69, 9.17) is 9.72 Å². The number of nitrogens with one attached hydrogen (secondary N) is 1. The maximum absolute atomic E-state index is 12.6. The quantitative estimate of drug-likeness (QED) is 0.338. The highest BCUT2D eigenvalue weighted by Crippen LogP contribution is 2.37. The third-order valence-electron chi connectivity index (χ3n) is 6.99. The molecule has 9 nitrogen and oxygen atoms in total. The SMILES string of the molecule is CCOC(=O)C1CCC(=O)N1c1ccc2cc(-c3ccnc(NCCCN4CCN(C)CC4)n3)sc2c1. The van der Waals surface area contributed by atoms with E-state index < -0.39 is 6.04 Å². The maximum atomic E-state index is 12.6. The van der Waals surface area contributed by atoms with Gasteiger partial charge in [-0.2, -0.15) is 0 Å². The molecule has 196 valence electrons. The van der Waals surface area contributed by atoms with Crippen LogP contribution in [0.4, 0.5) is 11.6 Å². The molecule has 2 saturated heterocycles. The van der Waals surface area contributed by atoms with Crippen LogP contribution < -0.4 is 10.2 Å². The Kier molecular flexibility index (Phi) is 7.97. The zero-order chi connectivity index (χ0) is 25.8. The van der Waals surface area contributed by atoms with Crippen LogP contribution in [0.5, 0.6) is 0 Å². The summed E-state index contributed by atoms with van der Waals surface area (Å²) in [5.74, 6) is 0.243. The first-order valence-corrected chi connectivity index (χ1v) is 13.8. The van der Waals surface area contributed by atoms with Gasteiger partial charge in [0, 0.05) is 55.7 Å². The molecule has 2 aliphatic rings. The average Bonchev–Trinajstić information content (AvgIpc) is 3.51. The highest BCUT2D eigenvalue weighted by Gasteiger charge is 2.38. The lowest BCUT2D eigenvalue weighted by atomic mass is 10.2. The number of piperazine rings is 1. The van der Waals surface area contributed by atoms with Crippen molar-refractivity contribution in [3.63, 3.8) is 0 Å². The molecule has 0 spiro atoms. The van der Waals surface area contributed by atoms with Crippen molar-refractivity contribution in [2.45, 2.75) is 32.2 Å². The van der Waals surface area contributed by atoms with E-state index in [2.05, 4.69) is 33.2 Å². The summed E-state index contributed by atoms with van der Waals surface area (Å²) in [4.78, 5) is 41.7. The number of thiophene rings is 1. The van der Waals surface area contributed by atoms with E-state index in [1.807, 2.05) is 24.3 Å². The number of anilines is 2. The topological polar surface area (TPSA) is 90.9 Å². The number of hydrogen-bond acceptors (Lipinski definition) is 9. The van der Waals surface area contributed by atoms with Gasteiger partial charge in [-0.3, -0.25) is 9.69 Å². The maximum Gasteiger partial charge on any atom is 0.329 e. The second kappa shape index (κ2) is 11.5. The third kappa shape index (κ3) is 5.92. The number of ether oxygens (including phenoxy) is 1. The van der Waals surface area contributed by atoms with Crippen molar-refractivity contribution in [3.05, 3.63) is 36.5 Å². The lowest BCUT2D eigenvalue weighted by Crippen LogP contribution is -2.44. The van der Waals surface area contributed by atoms with E-state index in [0.717, 1.165) is 72.0 Å². The number of benzene rings is 1. The van der Waals surface area contributed by atoms with Crippen molar-refractivity contribution in [1.82, 2.24) is 19.8 Å². The van der Waals surface area contributed by atoms with Crippen LogP contribution in [-0.2, 0) is 14.3 Å². The molecule has 0 aliphatic carbocycles. The predicted molar refractivity (Wildman–Crippen MR) is 147 cm³/mol. The fourth-order valence-corrected chi connectivity index (χ4v) is 5.99. The number of likely N-dealkylation sites (N-methyl/N-ethyl adjacent to an activating group) is 1. The van der Waals surface area contributed by atoms with Crippen LogP contribution in [0, 0.1) is 0 Å². The lowest BCUT2D eigenvalue weighted by Gasteiger charge is -2.32. The normalized spacial score (nSPS) is 19.0. The summed E-state index contributed by atoms with van der Waals surface area (Å²) in [6.45, 7) is 8.52. The van der Waals surface area contributed by atoms with Gasteiger partial charge in [0.25, 0.3) is 0 Å². The number of fused-ring (bicyclic) bond motifs is 1. The first-order valence-electron chi connectivity index (χ1n) is 13.0. The molecule has 1 amide bonds. The molecular weight excluding hydrogens is 488 g/mol. The van der Waals surface area contributed by atoms with Gasteiger partial charge < -0.3 is 19.9 Å². The van der Waals surface area contributed by atoms with E-state index in [-0.39, 0.29) is 11.9 Å². The number of nitrogens with zero attached hydrogens (tertiary/aromatic N) is 5. The lowest BCUT2D eigenvalue weighted by molar-refractivity contribution is -0.144. The van der Waals surface area contributed by atoms with Gasteiger partial charge in [-0.1, -0.05) is 6.07 Å². The Balaban J connectivity index is 1.25. The molecule has 1 aromatic carbocycles. The van der Waals surface area contributed by atoms with Gasteiger partial charge in [0.05, 0.1) is 17.2 Å². The largest absolute Gasteiger partial charge is 0.464 e. The van der Waals surface area contributed by atoms with Crippen molar-refractivity contribution >= 4 is 44.9 Å². The van der Waals surface area contributed by atoms with Crippen molar-refractivity contribution < 1.29 is 14.3 Å². The zero-order valence-electron chi connectivity index (χ0n) is 21.5. The highest BCUT2D eigenvalue weighted by molar-refractivity contribution is 7.22. The van der Waals surface area contributed by atoms with E-state index in [1.165, 1.54) is 0 Å². The second-order valence-corrected chi connectivity index (χ2v) is 10.7. The molecule has 1 N–H and O–H groups in total. The third-order valence-corrected chi connectivity index (χ3v) is 8.11. The van der Waals surface area contributed by atoms with Crippen LogP contribution in [0.15, 0.2) is 36.5 Å². The van der Waals surface area contributed by atoms with Gasteiger partial charge in [-0.05, 0) is 63.0 Å². The Bertz CT molecular complexity index is 1260. The standard InChI is InChI=1S/C27H34N6O3S/c1-3-36-26(35)22-7-8-25(34)33(22)20-6-5-19-17-24(37-23(19)18-20)21-9-11-29-27(30-21)28-10-4-12-32-15-13-31(2)14-16-32/h5-6,9,11,17-18,22H,3-4,7-8,10,12-16H2,1-2H3,(H,28,29,30). The molecular formula is C27H34N6O3S. The van der Waals surface area contributed by atoms with E-state index in [9.17, 15) is 9.59 Å². The smallest absolute Gasteiger partial charge is 0.329 e. The van der Waals surface area contributed by atoms with Gasteiger partial charge in [0.2, 0.25) is 11.9 Å². The van der Waals surface area contributed by atoms with Gasteiger partial charge in [-0.15, -0.1) is 11.3 Å². The van der Waals surface area contributed by atoms with E-state index >= 15 is 0 Å². The van der Waals surface area contributed by atoms with Crippen LogP contribution in [0.25, 0.3) is 20.7 Å². The van der Waals surface area contributed by atoms with Crippen LogP contribution in [0.3, 0.4) is 0 Å². The average molecular weight is 523 g/mol. The molecule has 10 heteroatoms. The minimum absolute atomic E-state index is 0.0478. The Morgan fingerprint density at radius 2 is 2.03 bits per heavy atom. The Morgan fingerprint density at radius 3 is 2.84 bits per heavy atom. The molecule has 3 aromatic rings. The molecule has 0 radical (unpaired) electrons. The number of hydrogen-bond donors (Lipinski definition) is 1. The summed E-state index contributed by atoms with van der Waals surface area (Å²) in [5, 5.41) is 4.44. The Morgan fingerprint density at radius 1 is 1.19 bits per heavy atom. The number of amides is 1.